The highest BCUT2D eigenvalue weighted by atomic mass is 32.2. The minimum Gasteiger partial charge on any atom is -0.329 e. The molecule has 4 heteroatoms. The molecule has 0 radical (unpaired) electrons. The monoisotopic (exact) mass is 208 g/mol. The Bertz CT molecular complexity index is 354. The second-order valence-electron chi connectivity index (χ2n) is 3.09. The Labute approximate surface area is 87.3 Å². The largest absolute Gasteiger partial charge is 0.329 e. The fraction of sp³-hybridized carbons (Fsp3) is 0.300. The lowest BCUT2D eigenvalue weighted by Crippen LogP contribution is -2.38. The van der Waals surface area contributed by atoms with Gasteiger partial charge in [0.1, 0.15) is 0 Å². The van der Waals surface area contributed by atoms with Gasteiger partial charge in [-0.1, -0.05) is 12.1 Å². The third-order valence-electron chi connectivity index (χ3n) is 2.16. The third kappa shape index (κ3) is 1.63. The SMILES string of the molecule is NCCN1C(=O)CSc2ccccc21. The molecule has 0 saturated carbocycles. The summed E-state index contributed by atoms with van der Waals surface area (Å²) in [6.07, 6.45) is 0. The summed E-state index contributed by atoms with van der Waals surface area (Å²) in [7, 11) is 0. The predicted octanol–water partition coefficient (Wildman–Crippen LogP) is 1.08. The van der Waals surface area contributed by atoms with Crippen LogP contribution in [0.1, 0.15) is 0 Å². The Morgan fingerprint density at radius 1 is 1.43 bits per heavy atom. The van der Waals surface area contributed by atoms with E-state index in [1.165, 1.54) is 4.90 Å². The molecule has 1 aromatic rings. The average Bonchev–Trinajstić information content (AvgIpc) is 2.23. The summed E-state index contributed by atoms with van der Waals surface area (Å²) in [4.78, 5) is 14.5. The zero-order valence-electron chi connectivity index (χ0n) is 7.77. The van der Waals surface area contributed by atoms with Crippen LogP contribution < -0.4 is 10.6 Å². The molecule has 1 amide bonds. The molecule has 1 heterocycles. The summed E-state index contributed by atoms with van der Waals surface area (Å²) in [5.41, 5.74) is 6.48. The number of hydrogen-bond donors (Lipinski definition) is 1. The molecule has 1 aliphatic rings. The molecule has 0 fully saturated rings. The fourth-order valence-corrected chi connectivity index (χ4v) is 2.46. The minimum atomic E-state index is 0.152. The highest BCUT2D eigenvalue weighted by molar-refractivity contribution is 8.00. The molecule has 2 rings (SSSR count). The van der Waals surface area contributed by atoms with Crippen LogP contribution in [-0.4, -0.2) is 24.7 Å². The van der Waals surface area contributed by atoms with Gasteiger partial charge in [0.05, 0.1) is 11.4 Å². The lowest BCUT2D eigenvalue weighted by Gasteiger charge is -2.28. The van der Waals surface area contributed by atoms with E-state index in [4.69, 9.17) is 5.73 Å². The van der Waals surface area contributed by atoms with Gasteiger partial charge >= 0.3 is 0 Å². The number of carbonyl (C=O) groups is 1. The van der Waals surface area contributed by atoms with Crippen molar-refractivity contribution in [1.82, 2.24) is 0 Å². The number of fused-ring (bicyclic) bond motifs is 1. The maximum absolute atomic E-state index is 11.6. The third-order valence-corrected chi connectivity index (χ3v) is 3.21. The van der Waals surface area contributed by atoms with Gasteiger partial charge in [0, 0.05) is 18.0 Å². The quantitative estimate of drug-likeness (QED) is 0.791. The molecule has 0 bridgehead atoms. The van der Waals surface area contributed by atoms with Gasteiger partial charge in [0.15, 0.2) is 0 Å². The Balaban J connectivity index is 2.36. The topological polar surface area (TPSA) is 46.3 Å². The first-order valence-corrected chi connectivity index (χ1v) is 5.54. The molecular formula is C10H12N2OS. The fourth-order valence-electron chi connectivity index (χ4n) is 1.53. The van der Waals surface area contributed by atoms with Gasteiger partial charge in [-0.25, -0.2) is 0 Å². The van der Waals surface area contributed by atoms with E-state index in [0.29, 0.717) is 18.8 Å². The van der Waals surface area contributed by atoms with Crippen LogP contribution in [-0.2, 0) is 4.79 Å². The van der Waals surface area contributed by atoms with Crippen LogP contribution in [0.15, 0.2) is 29.2 Å². The number of amides is 1. The average molecular weight is 208 g/mol. The number of rotatable bonds is 2. The molecule has 3 nitrogen and oxygen atoms in total. The van der Waals surface area contributed by atoms with Crippen LogP contribution in [0.3, 0.4) is 0 Å². The molecule has 0 saturated heterocycles. The van der Waals surface area contributed by atoms with E-state index in [9.17, 15) is 4.79 Å². The molecule has 14 heavy (non-hydrogen) atoms. The lowest BCUT2D eigenvalue weighted by atomic mass is 10.2. The maximum atomic E-state index is 11.6. The number of benzene rings is 1. The van der Waals surface area contributed by atoms with Gasteiger partial charge < -0.3 is 10.6 Å². The van der Waals surface area contributed by atoms with E-state index in [2.05, 4.69) is 0 Å². The zero-order chi connectivity index (χ0) is 9.97. The first-order valence-electron chi connectivity index (χ1n) is 4.55. The van der Waals surface area contributed by atoms with Crippen molar-refractivity contribution in [2.24, 2.45) is 5.73 Å². The number of nitrogens with two attached hydrogens (primary N) is 1. The second-order valence-corrected chi connectivity index (χ2v) is 4.11. The number of para-hydroxylation sites is 1. The standard InChI is InChI=1S/C10H12N2OS/c11-5-6-12-8-3-1-2-4-9(8)14-7-10(12)13/h1-4H,5-7,11H2. The van der Waals surface area contributed by atoms with Crippen molar-refractivity contribution >= 4 is 23.4 Å². The first kappa shape index (κ1) is 9.55. The van der Waals surface area contributed by atoms with Crippen molar-refractivity contribution in [3.63, 3.8) is 0 Å². The first-order chi connectivity index (χ1) is 6.83. The van der Waals surface area contributed by atoms with E-state index >= 15 is 0 Å². The van der Waals surface area contributed by atoms with Crippen LogP contribution >= 0.6 is 11.8 Å². The molecule has 1 aliphatic heterocycles. The lowest BCUT2D eigenvalue weighted by molar-refractivity contribution is -0.116. The second kappa shape index (κ2) is 4.02. The van der Waals surface area contributed by atoms with Gasteiger partial charge in [0.2, 0.25) is 5.91 Å². The van der Waals surface area contributed by atoms with E-state index in [-0.39, 0.29) is 5.91 Å². The summed E-state index contributed by atoms with van der Waals surface area (Å²) in [6, 6.07) is 7.94. The van der Waals surface area contributed by atoms with E-state index < -0.39 is 0 Å². The van der Waals surface area contributed by atoms with Gasteiger partial charge in [-0.15, -0.1) is 11.8 Å². The van der Waals surface area contributed by atoms with Gasteiger partial charge in [-0.3, -0.25) is 4.79 Å². The van der Waals surface area contributed by atoms with E-state index in [1.54, 1.807) is 16.7 Å². The molecule has 0 aromatic heterocycles. The van der Waals surface area contributed by atoms with Crippen molar-refractivity contribution in [2.75, 3.05) is 23.7 Å². The highest BCUT2D eigenvalue weighted by Gasteiger charge is 2.23. The Kier molecular flexibility index (Phi) is 2.74. The molecule has 74 valence electrons. The molecular weight excluding hydrogens is 196 g/mol. The summed E-state index contributed by atoms with van der Waals surface area (Å²) in [5.74, 6) is 0.677. The number of thioether (sulfide) groups is 1. The molecule has 2 N–H and O–H groups in total. The normalized spacial score (nSPS) is 15.5. The zero-order valence-corrected chi connectivity index (χ0v) is 8.59. The van der Waals surface area contributed by atoms with Crippen molar-refractivity contribution in [3.05, 3.63) is 24.3 Å². The van der Waals surface area contributed by atoms with Crippen molar-refractivity contribution in [3.8, 4) is 0 Å². The van der Waals surface area contributed by atoms with Crippen LogP contribution in [0, 0.1) is 0 Å². The van der Waals surface area contributed by atoms with E-state index in [0.717, 1.165) is 5.69 Å². The van der Waals surface area contributed by atoms with Crippen molar-refractivity contribution < 1.29 is 4.79 Å². The number of carbonyl (C=O) groups excluding carboxylic acids is 1. The molecule has 0 atom stereocenters. The van der Waals surface area contributed by atoms with Gasteiger partial charge in [-0.05, 0) is 12.1 Å². The maximum Gasteiger partial charge on any atom is 0.237 e. The smallest absolute Gasteiger partial charge is 0.237 e. The predicted molar refractivity (Wildman–Crippen MR) is 58.6 cm³/mol. The van der Waals surface area contributed by atoms with Crippen LogP contribution in [0.5, 0.6) is 0 Å². The number of nitrogens with zero attached hydrogens (tertiary/aromatic N) is 1. The van der Waals surface area contributed by atoms with Gasteiger partial charge in [-0.2, -0.15) is 0 Å². The highest BCUT2D eigenvalue weighted by Crippen LogP contribution is 2.34. The van der Waals surface area contributed by atoms with Crippen LogP contribution in [0.25, 0.3) is 0 Å². The number of hydrogen-bond acceptors (Lipinski definition) is 3. The summed E-state index contributed by atoms with van der Waals surface area (Å²) in [5, 5.41) is 0. The minimum absolute atomic E-state index is 0.152. The number of anilines is 1. The Morgan fingerprint density at radius 2 is 2.21 bits per heavy atom. The van der Waals surface area contributed by atoms with Crippen LogP contribution in [0.2, 0.25) is 0 Å². The summed E-state index contributed by atoms with van der Waals surface area (Å²) >= 11 is 1.59. The molecule has 1 aromatic carbocycles. The van der Waals surface area contributed by atoms with Gasteiger partial charge in [0.25, 0.3) is 0 Å². The molecule has 0 unspecified atom stereocenters. The Hall–Kier alpha value is -1.00. The molecule has 0 aliphatic carbocycles. The van der Waals surface area contributed by atoms with Crippen molar-refractivity contribution in [1.29, 1.82) is 0 Å². The summed E-state index contributed by atoms with van der Waals surface area (Å²) < 4.78 is 0. The van der Waals surface area contributed by atoms with E-state index in [1.807, 2.05) is 24.3 Å². The summed E-state index contributed by atoms with van der Waals surface area (Å²) in [6.45, 7) is 1.11. The van der Waals surface area contributed by atoms with Crippen molar-refractivity contribution in [2.45, 2.75) is 4.90 Å². The molecule has 0 spiro atoms. The Morgan fingerprint density at radius 3 is 3.00 bits per heavy atom. The van der Waals surface area contributed by atoms with Crippen LogP contribution in [0.4, 0.5) is 5.69 Å².